The number of guanidine groups is 1. The SMILES string of the molecule is CCN1CCN(c2cc(CNC(=NC)NC3CCN(c4ccccc4)C3)ccn2)CC1. The number of anilines is 2. The normalized spacial score (nSPS) is 20.2. The van der Waals surface area contributed by atoms with Crippen molar-refractivity contribution in [3.8, 4) is 0 Å². The second kappa shape index (κ2) is 10.5. The van der Waals surface area contributed by atoms with Crippen LogP contribution >= 0.6 is 0 Å². The van der Waals surface area contributed by atoms with E-state index in [9.17, 15) is 0 Å². The van der Waals surface area contributed by atoms with Crippen LogP contribution in [0.25, 0.3) is 0 Å². The van der Waals surface area contributed by atoms with Crippen molar-refractivity contribution < 1.29 is 0 Å². The van der Waals surface area contributed by atoms with Crippen LogP contribution in [0.1, 0.15) is 18.9 Å². The van der Waals surface area contributed by atoms with Gasteiger partial charge in [0.2, 0.25) is 0 Å². The fourth-order valence-electron chi connectivity index (χ4n) is 4.36. The smallest absolute Gasteiger partial charge is 0.191 e. The van der Waals surface area contributed by atoms with Crippen LogP contribution in [0.4, 0.5) is 11.5 Å². The van der Waals surface area contributed by atoms with E-state index in [1.54, 1.807) is 0 Å². The molecule has 2 N–H and O–H groups in total. The minimum absolute atomic E-state index is 0.397. The molecule has 7 heteroatoms. The summed E-state index contributed by atoms with van der Waals surface area (Å²) in [7, 11) is 1.84. The Kier molecular flexibility index (Phi) is 7.25. The molecule has 2 aliphatic rings. The number of rotatable bonds is 6. The van der Waals surface area contributed by atoms with Gasteiger partial charge in [0, 0.05) is 70.8 Å². The minimum atomic E-state index is 0.397. The summed E-state index contributed by atoms with van der Waals surface area (Å²) in [6, 6.07) is 15.3. The fourth-order valence-corrected chi connectivity index (χ4v) is 4.36. The van der Waals surface area contributed by atoms with Crippen molar-refractivity contribution >= 4 is 17.5 Å². The number of nitrogens with one attached hydrogen (secondary N) is 2. The lowest BCUT2D eigenvalue weighted by Gasteiger charge is -2.34. The Morgan fingerprint density at radius 3 is 2.61 bits per heavy atom. The molecular formula is C24H35N7. The first kappa shape index (κ1) is 21.4. The van der Waals surface area contributed by atoms with E-state index in [0.29, 0.717) is 6.04 Å². The van der Waals surface area contributed by atoms with E-state index < -0.39 is 0 Å². The summed E-state index contributed by atoms with van der Waals surface area (Å²) >= 11 is 0. The molecule has 2 aliphatic heterocycles. The zero-order valence-corrected chi connectivity index (χ0v) is 18.8. The number of aliphatic imine (C=N–C) groups is 1. The molecule has 7 nitrogen and oxygen atoms in total. The monoisotopic (exact) mass is 421 g/mol. The van der Waals surface area contributed by atoms with Crippen LogP contribution in [-0.4, -0.2) is 74.7 Å². The van der Waals surface area contributed by atoms with Crippen LogP contribution in [-0.2, 0) is 6.54 Å². The lowest BCUT2D eigenvalue weighted by Crippen LogP contribution is -2.46. The third kappa shape index (κ3) is 5.67. The first-order chi connectivity index (χ1) is 15.2. The van der Waals surface area contributed by atoms with E-state index in [1.165, 1.54) is 11.3 Å². The first-order valence-electron chi connectivity index (χ1n) is 11.4. The summed E-state index contributed by atoms with van der Waals surface area (Å²) in [6.45, 7) is 10.5. The second-order valence-electron chi connectivity index (χ2n) is 8.28. The van der Waals surface area contributed by atoms with Crippen molar-refractivity contribution in [2.45, 2.75) is 25.9 Å². The van der Waals surface area contributed by atoms with Crippen molar-refractivity contribution in [3.05, 3.63) is 54.2 Å². The molecule has 0 saturated carbocycles. The summed E-state index contributed by atoms with van der Waals surface area (Å²) in [5.74, 6) is 1.93. The molecule has 2 fully saturated rings. The van der Waals surface area contributed by atoms with Gasteiger partial charge in [-0.15, -0.1) is 0 Å². The number of hydrogen-bond acceptors (Lipinski definition) is 5. The van der Waals surface area contributed by atoms with Crippen LogP contribution in [0.15, 0.2) is 53.7 Å². The van der Waals surface area contributed by atoms with Gasteiger partial charge < -0.3 is 25.3 Å². The number of pyridine rings is 1. The average Bonchev–Trinajstić information content (AvgIpc) is 3.31. The van der Waals surface area contributed by atoms with Gasteiger partial charge in [0.1, 0.15) is 5.82 Å². The van der Waals surface area contributed by atoms with Gasteiger partial charge in [0.25, 0.3) is 0 Å². The fraction of sp³-hybridized carbons (Fsp3) is 0.500. The number of likely N-dealkylation sites (N-methyl/N-ethyl adjacent to an activating group) is 1. The van der Waals surface area contributed by atoms with Crippen LogP contribution in [0.5, 0.6) is 0 Å². The Labute approximate surface area is 186 Å². The lowest BCUT2D eigenvalue weighted by atomic mass is 10.2. The van der Waals surface area contributed by atoms with Crippen molar-refractivity contribution in [1.82, 2.24) is 20.5 Å². The number of para-hydroxylation sites is 1. The first-order valence-corrected chi connectivity index (χ1v) is 11.4. The summed E-state index contributed by atoms with van der Waals surface area (Å²) in [5, 5.41) is 7.07. The van der Waals surface area contributed by atoms with Gasteiger partial charge in [-0.25, -0.2) is 4.98 Å². The second-order valence-corrected chi connectivity index (χ2v) is 8.28. The Morgan fingerprint density at radius 1 is 1.06 bits per heavy atom. The van der Waals surface area contributed by atoms with Crippen LogP contribution in [0.3, 0.4) is 0 Å². The highest BCUT2D eigenvalue weighted by Gasteiger charge is 2.23. The number of hydrogen-bond donors (Lipinski definition) is 2. The van der Waals surface area contributed by atoms with Gasteiger partial charge in [-0.1, -0.05) is 25.1 Å². The van der Waals surface area contributed by atoms with Gasteiger partial charge in [0.05, 0.1) is 0 Å². The minimum Gasteiger partial charge on any atom is -0.369 e. The highest BCUT2D eigenvalue weighted by atomic mass is 15.3. The highest BCUT2D eigenvalue weighted by molar-refractivity contribution is 5.80. The largest absolute Gasteiger partial charge is 0.369 e. The Hall–Kier alpha value is -2.80. The Morgan fingerprint density at radius 2 is 1.87 bits per heavy atom. The molecule has 0 spiro atoms. The average molecular weight is 422 g/mol. The quantitative estimate of drug-likeness (QED) is 0.551. The Bertz CT molecular complexity index is 846. The van der Waals surface area contributed by atoms with E-state index in [4.69, 9.17) is 0 Å². The molecule has 1 atom stereocenters. The Balaban J connectivity index is 1.27. The third-order valence-corrected chi connectivity index (χ3v) is 6.29. The van der Waals surface area contributed by atoms with Gasteiger partial charge in [-0.2, -0.15) is 0 Å². The molecule has 2 saturated heterocycles. The van der Waals surface area contributed by atoms with Gasteiger partial charge >= 0.3 is 0 Å². The van der Waals surface area contributed by atoms with E-state index in [2.05, 4.69) is 84.7 Å². The van der Waals surface area contributed by atoms with Crippen LogP contribution in [0, 0.1) is 0 Å². The lowest BCUT2D eigenvalue weighted by molar-refractivity contribution is 0.270. The van der Waals surface area contributed by atoms with Crippen molar-refractivity contribution in [3.63, 3.8) is 0 Å². The molecule has 4 rings (SSSR count). The molecule has 1 aromatic heterocycles. The summed E-state index contributed by atoms with van der Waals surface area (Å²) in [4.78, 5) is 16.4. The van der Waals surface area contributed by atoms with E-state index in [-0.39, 0.29) is 0 Å². The zero-order valence-electron chi connectivity index (χ0n) is 18.8. The number of aromatic nitrogens is 1. The van der Waals surface area contributed by atoms with Crippen LogP contribution in [0.2, 0.25) is 0 Å². The maximum absolute atomic E-state index is 4.61. The van der Waals surface area contributed by atoms with Gasteiger partial charge in [-0.05, 0) is 42.8 Å². The molecule has 31 heavy (non-hydrogen) atoms. The molecule has 166 valence electrons. The molecule has 2 aromatic rings. The molecule has 0 bridgehead atoms. The standard InChI is InChI=1S/C24H35N7/c1-3-29-13-15-30(16-14-29)23-17-20(9-11-26-23)18-27-24(25-2)28-21-10-12-31(19-21)22-7-5-4-6-8-22/h4-9,11,17,21H,3,10,12-16,18-19H2,1-2H3,(H2,25,27,28). The van der Waals surface area contributed by atoms with Crippen molar-refractivity contribution in [1.29, 1.82) is 0 Å². The van der Waals surface area contributed by atoms with Gasteiger partial charge in [-0.3, -0.25) is 4.99 Å². The maximum atomic E-state index is 4.61. The maximum Gasteiger partial charge on any atom is 0.191 e. The summed E-state index contributed by atoms with van der Waals surface area (Å²) in [6.07, 6.45) is 3.03. The van der Waals surface area contributed by atoms with E-state index >= 15 is 0 Å². The molecule has 1 aromatic carbocycles. The number of piperazine rings is 1. The van der Waals surface area contributed by atoms with Crippen LogP contribution < -0.4 is 20.4 Å². The number of nitrogens with zero attached hydrogens (tertiary/aromatic N) is 5. The summed E-state index contributed by atoms with van der Waals surface area (Å²) in [5.41, 5.74) is 2.52. The molecule has 3 heterocycles. The highest BCUT2D eigenvalue weighted by Crippen LogP contribution is 2.19. The topological polar surface area (TPSA) is 59.0 Å². The predicted octanol–water partition coefficient (Wildman–Crippen LogP) is 2.17. The predicted molar refractivity (Wildman–Crippen MR) is 129 cm³/mol. The molecule has 0 amide bonds. The third-order valence-electron chi connectivity index (χ3n) is 6.29. The van der Waals surface area contributed by atoms with E-state index in [0.717, 1.165) is 70.6 Å². The number of benzene rings is 1. The molecule has 1 unspecified atom stereocenters. The van der Waals surface area contributed by atoms with E-state index in [1.807, 2.05) is 13.2 Å². The molecular weight excluding hydrogens is 386 g/mol. The molecule has 0 aliphatic carbocycles. The van der Waals surface area contributed by atoms with Gasteiger partial charge in [0.15, 0.2) is 5.96 Å². The zero-order chi connectivity index (χ0) is 21.5. The summed E-state index contributed by atoms with van der Waals surface area (Å²) < 4.78 is 0. The van der Waals surface area contributed by atoms with Crippen molar-refractivity contribution in [2.24, 2.45) is 4.99 Å². The van der Waals surface area contributed by atoms with Crippen molar-refractivity contribution in [2.75, 3.05) is 62.7 Å². The molecule has 0 radical (unpaired) electrons.